The summed E-state index contributed by atoms with van der Waals surface area (Å²) < 4.78 is 0. The van der Waals surface area contributed by atoms with Gasteiger partial charge in [0.15, 0.2) is 0 Å². The van der Waals surface area contributed by atoms with Crippen molar-refractivity contribution >= 4 is 58.4 Å². The number of hydrogen-bond acceptors (Lipinski definition) is 2. The van der Waals surface area contributed by atoms with Crippen LogP contribution in [0.5, 0.6) is 0 Å². The number of rotatable bonds is 11. The van der Waals surface area contributed by atoms with E-state index in [2.05, 4.69) is 258 Å². The summed E-state index contributed by atoms with van der Waals surface area (Å²) in [4.78, 5) is 4.73. The van der Waals surface area contributed by atoms with Crippen LogP contribution in [0.2, 0.25) is 0 Å². The van der Waals surface area contributed by atoms with Crippen LogP contribution in [0.1, 0.15) is 61.2 Å². The highest BCUT2D eigenvalue weighted by Gasteiger charge is 2.17. The minimum Gasteiger partial charge on any atom is -0.310 e. The average molecular weight is 791 g/mol. The summed E-state index contributed by atoms with van der Waals surface area (Å²) in [5.41, 5.74) is 22.8. The van der Waals surface area contributed by atoms with Gasteiger partial charge >= 0.3 is 0 Å². The van der Waals surface area contributed by atoms with Crippen molar-refractivity contribution in [3.05, 3.63) is 237 Å². The summed E-state index contributed by atoms with van der Waals surface area (Å²) >= 11 is 0. The summed E-state index contributed by atoms with van der Waals surface area (Å²) in [5, 5.41) is 0. The molecule has 0 aliphatic heterocycles. The fourth-order valence-electron chi connectivity index (χ4n) is 7.97. The van der Waals surface area contributed by atoms with Gasteiger partial charge in [-0.1, -0.05) is 156 Å². The number of anilines is 6. The van der Waals surface area contributed by atoms with E-state index in [0.717, 1.165) is 28.3 Å². The summed E-state index contributed by atoms with van der Waals surface area (Å²) in [7, 11) is 0. The first kappa shape index (κ1) is 40.6. The maximum Gasteiger partial charge on any atom is 0.0490 e. The van der Waals surface area contributed by atoms with Crippen LogP contribution in [0.4, 0.5) is 34.1 Å². The molecule has 0 saturated heterocycles. The van der Waals surface area contributed by atoms with Crippen molar-refractivity contribution in [2.75, 3.05) is 9.80 Å². The van der Waals surface area contributed by atoms with Crippen molar-refractivity contribution < 1.29 is 0 Å². The lowest BCUT2D eigenvalue weighted by Gasteiger charge is -2.28. The van der Waals surface area contributed by atoms with Crippen molar-refractivity contribution in [3.8, 4) is 11.1 Å². The molecule has 0 aromatic heterocycles. The summed E-state index contributed by atoms with van der Waals surface area (Å²) in [5.74, 6) is 0. The zero-order chi connectivity index (χ0) is 42.5. The van der Waals surface area contributed by atoms with Gasteiger partial charge in [-0.3, -0.25) is 0 Å². The molecule has 0 fully saturated rings. The largest absolute Gasteiger partial charge is 0.310 e. The van der Waals surface area contributed by atoms with Gasteiger partial charge in [0.1, 0.15) is 0 Å². The smallest absolute Gasteiger partial charge is 0.0490 e. The fraction of sp³-hybridized carbons (Fsp3) is 0.119. The number of nitrogens with zero attached hydrogens (tertiary/aromatic N) is 2. The Hall–Kier alpha value is -7.16. The molecule has 2 heteroatoms. The Bertz CT molecular complexity index is 2820. The van der Waals surface area contributed by atoms with Gasteiger partial charge in [-0.25, -0.2) is 0 Å². The van der Waals surface area contributed by atoms with E-state index in [1.54, 1.807) is 0 Å². The van der Waals surface area contributed by atoms with Gasteiger partial charge in [0.2, 0.25) is 0 Å². The molecule has 61 heavy (non-hydrogen) atoms. The minimum atomic E-state index is 1.11. The second-order valence-corrected chi connectivity index (χ2v) is 16.4. The van der Waals surface area contributed by atoms with Gasteiger partial charge in [0.05, 0.1) is 0 Å². The maximum atomic E-state index is 2.36. The van der Waals surface area contributed by atoms with E-state index in [1.807, 2.05) is 0 Å². The first-order valence-electron chi connectivity index (χ1n) is 21.2. The van der Waals surface area contributed by atoms with Gasteiger partial charge in [0, 0.05) is 34.1 Å². The van der Waals surface area contributed by atoms with Crippen molar-refractivity contribution in [1.82, 2.24) is 0 Å². The highest BCUT2D eigenvalue weighted by atomic mass is 15.1. The molecule has 0 saturated carbocycles. The zero-order valence-electron chi connectivity index (χ0n) is 36.4. The maximum absolute atomic E-state index is 2.36. The van der Waals surface area contributed by atoms with E-state index >= 15 is 0 Å². The topological polar surface area (TPSA) is 6.48 Å². The zero-order valence-corrected chi connectivity index (χ0v) is 36.4. The normalized spacial score (nSPS) is 11.4. The Balaban J connectivity index is 1.06. The molecular weight excluding hydrogens is 737 g/mol. The van der Waals surface area contributed by atoms with Crippen LogP contribution >= 0.6 is 0 Å². The van der Waals surface area contributed by atoms with Gasteiger partial charge < -0.3 is 9.80 Å². The average Bonchev–Trinajstić information content (AvgIpc) is 3.27. The lowest BCUT2D eigenvalue weighted by molar-refractivity contribution is 1.23. The summed E-state index contributed by atoms with van der Waals surface area (Å²) in [6, 6.07) is 64.3. The Morgan fingerprint density at radius 3 is 0.967 bits per heavy atom. The highest BCUT2D eigenvalue weighted by molar-refractivity contribution is 5.83. The van der Waals surface area contributed by atoms with Crippen molar-refractivity contribution in [2.24, 2.45) is 0 Å². The molecule has 0 heterocycles. The van der Waals surface area contributed by atoms with Crippen LogP contribution < -0.4 is 9.80 Å². The van der Waals surface area contributed by atoms with Crippen LogP contribution in [0.25, 0.3) is 35.4 Å². The first-order chi connectivity index (χ1) is 29.6. The Morgan fingerprint density at radius 1 is 0.262 bits per heavy atom. The standard InChI is InChI=1S/C59H54N2/c1-41-8-13-48(14-9-41)16-17-49-20-28-54(29-21-49)60(58-36-10-42(2)38-46(58)6)56-32-24-52(25-33-56)53-26-34-57(35-27-53)61(59-37-11-43(3)39-47(59)7)55-30-22-50(23-31-55)18-19-51-15-12-44(4)45(5)40-51/h8-40H,1-7H3. The van der Waals surface area contributed by atoms with E-state index in [1.165, 1.54) is 78.1 Å². The van der Waals surface area contributed by atoms with E-state index in [4.69, 9.17) is 0 Å². The van der Waals surface area contributed by atoms with Crippen molar-refractivity contribution in [2.45, 2.75) is 48.5 Å². The predicted molar refractivity (Wildman–Crippen MR) is 265 cm³/mol. The molecule has 0 aliphatic carbocycles. The number of aryl methyl sites for hydroxylation is 7. The minimum absolute atomic E-state index is 1.11. The van der Waals surface area contributed by atoms with Crippen LogP contribution in [0, 0.1) is 48.5 Å². The third-order valence-electron chi connectivity index (χ3n) is 11.6. The van der Waals surface area contributed by atoms with Crippen LogP contribution in [0.15, 0.2) is 176 Å². The molecule has 0 radical (unpaired) electrons. The number of hydrogen-bond donors (Lipinski definition) is 0. The van der Waals surface area contributed by atoms with E-state index in [0.29, 0.717) is 0 Å². The van der Waals surface area contributed by atoms with Crippen LogP contribution in [0.3, 0.4) is 0 Å². The third kappa shape index (κ3) is 9.51. The molecule has 0 spiro atoms. The molecule has 8 aromatic rings. The molecule has 0 aliphatic rings. The quantitative estimate of drug-likeness (QED) is 0.120. The SMILES string of the molecule is Cc1ccc(C=Cc2ccc(N(c3ccc(-c4ccc(N(c5ccc(C=Cc6ccc(C)c(C)c6)cc5)c5ccc(C)cc5C)cc4)cc3)c3ccc(C)cc3C)cc2)cc1. The van der Waals surface area contributed by atoms with Crippen LogP contribution in [-0.2, 0) is 0 Å². The molecule has 0 bridgehead atoms. The molecule has 0 amide bonds. The first-order valence-corrected chi connectivity index (χ1v) is 21.2. The summed E-state index contributed by atoms with van der Waals surface area (Å²) in [6.45, 7) is 15.1. The second kappa shape index (κ2) is 18.0. The molecule has 2 nitrogen and oxygen atoms in total. The fourth-order valence-corrected chi connectivity index (χ4v) is 7.97. The molecule has 300 valence electrons. The molecule has 0 N–H and O–H groups in total. The van der Waals surface area contributed by atoms with E-state index < -0.39 is 0 Å². The second-order valence-electron chi connectivity index (χ2n) is 16.4. The summed E-state index contributed by atoms with van der Waals surface area (Å²) in [6.07, 6.45) is 8.74. The molecular formula is C59H54N2. The molecule has 8 rings (SSSR count). The Labute approximate surface area is 363 Å². The molecule has 0 atom stereocenters. The number of benzene rings is 8. The lowest BCUT2D eigenvalue weighted by Crippen LogP contribution is -2.11. The van der Waals surface area contributed by atoms with Gasteiger partial charge in [-0.15, -0.1) is 0 Å². The third-order valence-corrected chi connectivity index (χ3v) is 11.6. The van der Waals surface area contributed by atoms with Crippen molar-refractivity contribution in [1.29, 1.82) is 0 Å². The van der Waals surface area contributed by atoms with Crippen molar-refractivity contribution in [3.63, 3.8) is 0 Å². The Morgan fingerprint density at radius 2 is 0.590 bits per heavy atom. The van der Waals surface area contributed by atoms with E-state index in [9.17, 15) is 0 Å². The Kier molecular flexibility index (Phi) is 12.0. The van der Waals surface area contributed by atoms with E-state index in [-0.39, 0.29) is 0 Å². The lowest BCUT2D eigenvalue weighted by atomic mass is 10.0. The molecule has 8 aromatic carbocycles. The van der Waals surface area contributed by atoms with Gasteiger partial charge in [0.25, 0.3) is 0 Å². The monoisotopic (exact) mass is 790 g/mol. The van der Waals surface area contributed by atoms with Gasteiger partial charge in [-0.05, 0) is 165 Å². The highest BCUT2D eigenvalue weighted by Crippen LogP contribution is 2.40. The molecule has 0 unspecified atom stereocenters. The predicted octanol–water partition coefficient (Wildman–Crippen LogP) is 16.8. The van der Waals surface area contributed by atoms with Crippen LogP contribution in [-0.4, -0.2) is 0 Å². The van der Waals surface area contributed by atoms with Gasteiger partial charge in [-0.2, -0.15) is 0 Å².